The highest BCUT2D eigenvalue weighted by molar-refractivity contribution is 7.91. The van der Waals surface area contributed by atoms with Crippen molar-refractivity contribution in [3.8, 4) is 0 Å². The first-order chi connectivity index (χ1) is 10.0. The molecule has 2 rings (SSSR count). The van der Waals surface area contributed by atoms with E-state index >= 15 is 0 Å². The molecule has 5 nitrogen and oxygen atoms in total. The molecule has 0 fully saturated rings. The van der Waals surface area contributed by atoms with E-state index in [0.29, 0.717) is 17.3 Å². The lowest BCUT2D eigenvalue weighted by Gasteiger charge is -2.14. The predicted molar refractivity (Wildman–Crippen MR) is 83.7 cm³/mol. The second-order valence-corrected chi connectivity index (χ2v) is 8.03. The van der Waals surface area contributed by atoms with Crippen molar-refractivity contribution in [1.82, 2.24) is 9.62 Å². The van der Waals surface area contributed by atoms with Gasteiger partial charge < -0.3 is 9.73 Å². The second-order valence-electron chi connectivity index (χ2n) is 4.84. The van der Waals surface area contributed by atoms with E-state index in [4.69, 9.17) is 4.42 Å². The first-order valence-electron chi connectivity index (χ1n) is 6.79. The first kappa shape index (κ1) is 16.2. The number of thiophene rings is 1. The Kier molecular flexibility index (Phi) is 5.58. The van der Waals surface area contributed by atoms with Crippen LogP contribution in [0.5, 0.6) is 0 Å². The molecule has 0 aromatic carbocycles. The monoisotopic (exact) mass is 328 g/mol. The maximum atomic E-state index is 12.5. The van der Waals surface area contributed by atoms with Gasteiger partial charge in [-0.2, -0.15) is 4.31 Å². The average molecular weight is 328 g/mol. The van der Waals surface area contributed by atoms with Crippen LogP contribution in [0.1, 0.15) is 24.5 Å². The highest BCUT2D eigenvalue weighted by Crippen LogP contribution is 2.24. The summed E-state index contributed by atoms with van der Waals surface area (Å²) in [5.74, 6) is 0. The van der Waals surface area contributed by atoms with Crippen LogP contribution in [0, 0.1) is 0 Å². The third-order valence-corrected chi connectivity index (χ3v) is 6.30. The van der Waals surface area contributed by atoms with Crippen LogP contribution in [0.4, 0.5) is 0 Å². The minimum atomic E-state index is -3.44. The van der Waals surface area contributed by atoms with Gasteiger partial charge in [-0.3, -0.25) is 0 Å². The van der Waals surface area contributed by atoms with Crippen molar-refractivity contribution in [2.45, 2.75) is 30.6 Å². The molecule has 0 aliphatic rings. The van der Waals surface area contributed by atoms with E-state index in [1.165, 1.54) is 15.6 Å². The van der Waals surface area contributed by atoms with Gasteiger partial charge in [-0.15, -0.1) is 11.3 Å². The summed E-state index contributed by atoms with van der Waals surface area (Å²) >= 11 is 1.26. The van der Waals surface area contributed by atoms with Crippen LogP contribution in [0.25, 0.3) is 0 Å². The SMILES string of the molecule is CCCNCc1csc(S(=O)(=O)N(C)Cc2ccoc2)c1. The highest BCUT2D eigenvalue weighted by Gasteiger charge is 2.23. The van der Waals surface area contributed by atoms with Gasteiger partial charge in [-0.05, 0) is 36.0 Å². The number of rotatable bonds is 8. The molecular weight excluding hydrogens is 308 g/mol. The van der Waals surface area contributed by atoms with Crippen LogP contribution in [-0.2, 0) is 23.1 Å². The molecule has 0 spiro atoms. The molecule has 2 aromatic heterocycles. The molecule has 0 unspecified atom stereocenters. The topological polar surface area (TPSA) is 62.6 Å². The zero-order valence-corrected chi connectivity index (χ0v) is 13.8. The molecule has 1 N–H and O–H groups in total. The Labute approximate surface area is 129 Å². The van der Waals surface area contributed by atoms with E-state index in [1.807, 2.05) is 5.38 Å². The summed E-state index contributed by atoms with van der Waals surface area (Å²) in [6.07, 6.45) is 4.15. The molecule has 0 atom stereocenters. The largest absolute Gasteiger partial charge is 0.472 e. The van der Waals surface area contributed by atoms with Crippen molar-refractivity contribution in [2.24, 2.45) is 0 Å². The maximum Gasteiger partial charge on any atom is 0.252 e. The molecule has 116 valence electrons. The quantitative estimate of drug-likeness (QED) is 0.757. The van der Waals surface area contributed by atoms with Gasteiger partial charge in [0.25, 0.3) is 10.0 Å². The summed E-state index contributed by atoms with van der Waals surface area (Å²) in [6.45, 7) is 4.03. The molecule has 0 aliphatic heterocycles. The summed E-state index contributed by atoms with van der Waals surface area (Å²) in [7, 11) is -1.86. The molecule has 0 saturated carbocycles. The van der Waals surface area contributed by atoms with Crippen LogP contribution in [0.3, 0.4) is 0 Å². The lowest BCUT2D eigenvalue weighted by atomic mass is 10.3. The lowest BCUT2D eigenvalue weighted by molar-refractivity contribution is 0.465. The van der Waals surface area contributed by atoms with Crippen molar-refractivity contribution in [2.75, 3.05) is 13.6 Å². The van der Waals surface area contributed by atoms with Gasteiger partial charge in [-0.1, -0.05) is 6.92 Å². The number of nitrogens with zero attached hydrogens (tertiary/aromatic N) is 1. The molecule has 7 heteroatoms. The summed E-state index contributed by atoms with van der Waals surface area (Å²) in [6, 6.07) is 3.51. The minimum absolute atomic E-state index is 0.306. The van der Waals surface area contributed by atoms with Crippen LogP contribution >= 0.6 is 11.3 Å². The zero-order chi connectivity index (χ0) is 15.3. The number of hydrogen-bond donors (Lipinski definition) is 1. The Morgan fingerprint density at radius 1 is 1.38 bits per heavy atom. The van der Waals surface area contributed by atoms with Gasteiger partial charge >= 0.3 is 0 Å². The van der Waals surface area contributed by atoms with Crippen molar-refractivity contribution in [1.29, 1.82) is 0 Å². The fraction of sp³-hybridized carbons (Fsp3) is 0.429. The van der Waals surface area contributed by atoms with Crippen LogP contribution in [0.2, 0.25) is 0 Å². The number of sulfonamides is 1. The van der Waals surface area contributed by atoms with E-state index in [9.17, 15) is 8.42 Å². The smallest absolute Gasteiger partial charge is 0.252 e. The van der Waals surface area contributed by atoms with Gasteiger partial charge in [0.1, 0.15) is 4.21 Å². The maximum absolute atomic E-state index is 12.5. The number of hydrogen-bond acceptors (Lipinski definition) is 5. The van der Waals surface area contributed by atoms with Gasteiger partial charge in [0, 0.05) is 25.7 Å². The fourth-order valence-electron chi connectivity index (χ4n) is 1.87. The van der Waals surface area contributed by atoms with Crippen molar-refractivity contribution in [3.05, 3.63) is 41.2 Å². The Bertz CT molecular complexity index is 648. The number of nitrogens with one attached hydrogen (secondary N) is 1. The lowest BCUT2D eigenvalue weighted by Crippen LogP contribution is -2.25. The molecule has 2 heterocycles. The molecule has 21 heavy (non-hydrogen) atoms. The van der Waals surface area contributed by atoms with Gasteiger partial charge in [-0.25, -0.2) is 8.42 Å². The van der Waals surface area contributed by atoms with E-state index in [-0.39, 0.29) is 0 Å². The zero-order valence-electron chi connectivity index (χ0n) is 12.2. The van der Waals surface area contributed by atoms with Crippen LogP contribution in [-0.4, -0.2) is 26.3 Å². The average Bonchev–Trinajstić information content (AvgIpc) is 3.10. The third-order valence-electron chi connectivity index (χ3n) is 3.04. The summed E-state index contributed by atoms with van der Waals surface area (Å²) < 4.78 is 31.7. The molecule has 0 bridgehead atoms. The Balaban J connectivity index is 2.04. The normalized spacial score (nSPS) is 12.1. The standard InChI is InChI=1S/C14H20N2O3S2/c1-3-5-15-8-13-7-14(20-11-13)21(17,18)16(2)9-12-4-6-19-10-12/h4,6-7,10-11,15H,3,5,8-9H2,1-2H3. The van der Waals surface area contributed by atoms with Crippen molar-refractivity contribution >= 4 is 21.4 Å². The fourth-order valence-corrected chi connectivity index (χ4v) is 4.45. The van der Waals surface area contributed by atoms with E-state index < -0.39 is 10.0 Å². The first-order valence-corrected chi connectivity index (χ1v) is 9.11. The van der Waals surface area contributed by atoms with E-state index in [0.717, 1.165) is 24.1 Å². The Hall–Kier alpha value is -1.15. The third kappa shape index (κ3) is 4.16. The summed E-state index contributed by atoms with van der Waals surface area (Å²) in [5.41, 5.74) is 1.84. The highest BCUT2D eigenvalue weighted by atomic mass is 32.2. The molecule has 0 saturated heterocycles. The van der Waals surface area contributed by atoms with Crippen LogP contribution in [0.15, 0.2) is 38.7 Å². The second kappa shape index (κ2) is 7.22. The van der Waals surface area contributed by atoms with Gasteiger partial charge in [0.2, 0.25) is 0 Å². The molecule has 0 amide bonds. The Morgan fingerprint density at radius 3 is 2.86 bits per heavy atom. The van der Waals surface area contributed by atoms with Gasteiger partial charge in [0.15, 0.2) is 0 Å². The predicted octanol–water partition coefficient (Wildman–Crippen LogP) is 2.66. The molecular formula is C14H20N2O3S2. The Morgan fingerprint density at radius 2 is 2.19 bits per heavy atom. The molecule has 0 aliphatic carbocycles. The summed E-state index contributed by atoms with van der Waals surface area (Å²) in [4.78, 5) is 0. The van der Waals surface area contributed by atoms with E-state index in [2.05, 4.69) is 12.2 Å². The van der Waals surface area contributed by atoms with Crippen LogP contribution < -0.4 is 5.32 Å². The molecule has 0 radical (unpaired) electrons. The van der Waals surface area contributed by atoms with Gasteiger partial charge in [0.05, 0.1) is 12.5 Å². The molecule has 2 aromatic rings. The summed E-state index contributed by atoms with van der Waals surface area (Å²) in [5, 5.41) is 5.16. The minimum Gasteiger partial charge on any atom is -0.472 e. The van der Waals surface area contributed by atoms with E-state index in [1.54, 1.807) is 31.7 Å². The van der Waals surface area contributed by atoms with Crippen molar-refractivity contribution < 1.29 is 12.8 Å². The number of furan rings is 1. The van der Waals surface area contributed by atoms with Crippen molar-refractivity contribution in [3.63, 3.8) is 0 Å².